The number of amides is 1. The Kier molecular flexibility index (Phi) is 5.42. The largest absolute Gasteiger partial charge is 0.495 e. The third-order valence-electron chi connectivity index (χ3n) is 4.97. The van der Waals surface area contributed by atoms with Crippen LogP contribution in [-0.4, -0.2) is 28.0 Å². The Morgan fingerprint density at radius 2 is 1.77 bits per heavy atom. The van der Waals surface area contributed by atoms with Crippen LogP contribution in [0.3, 0.4) is 0 Å². The molecule has 1 aromatic heterocycles. The normalized spacial score (nSPS) is 10.9. The summed E-state index contributed by atoms with van der Waals surface area (Å²) in [5.74, 6) is 0.430. The summed E-state index contributed by atoms with van der Waals surface area (Å²) in [5, 5.41) is 12.5. The first-order valence-corrected chi connectivity index (χ1v) is 9.98. The van der Waals surface area contributed by atoms with Crippen molar-refractivity contribution in [3.05, 3.63) is 76.3 Å². The Morgan fingerprint density at radius 1 is 1.07 bits per heavy atom. The molecule has 0 aliphatic rings. The summed E-state index contributed by atoms with van der Waals surface area (Å²) >= 11 is 6.22. The van der Waals surface area contributed by atoms with E-state index in [4.69, 9.17) is 16.3 Å². The molecule has 0 fully saturated rings. The average molecular weight is 421 g/mol. The fraction of sp³-hybridized carbons (Fsp3) is 0.174. The molecule has 1 heterocycles. The number of nitrogens with one attached hydrogen (secondary N) is 1. The van der Waals surface area contributed by atoms with Gasteiger partial charge >= 0.3 is 0 Å². The van der Waals surface area contributed by atoms with Crippen molar-refractivity contribution in [2.45, 2.75) is 20.3 Å². The predicted octanol–water partition coefficient (Wildman–Crippen LogP) is 5.21. The molecule has 0 atom stereocenters. The third kappa shape index (κ3) is 3.86. The number of anilines is 1. The number of carbonyl (C=O) groups is 1. The molecule has 0 spiro atoms. The number of fused-ring (bicyclic) bond motifs is 1. The first kappa shape index (κ1) is 19.9. The topological polar surface area (TPSA) is 69.0 Å². The SMILES string of the molecule is CCc1ccc(C(=O)Nc2cc3nn(-c4ccc(OC)c(Cl)c4)nc3cc2C)cc1. The van der Waals surface area contributed by atoms with Gasteiger partial charge in [-0.15, -0.1) is 10.2 Å². The lowest BCUT2D eigenvalue weighted by molar-refractivity contribution is 0.102. The van der Waals surface area contributed by atoms with E-state index in [9.17, 15) is 4.79 Å². The monoisotopic (exact) mass is 420 g/mol. The van der Waals surface area contributed by atoms with Crippen molar-refractivity contribution in [2.24, 2.45) is 0 Å². The number of rotatable bonds is 5. The minimum atomic E-state index is -0.158. The van der Waals surface area contributed by atoms with Crippen LogP contribution in [-0.2, 0) is 6.42 Å². The van der Waals surface area contributed by atoms with Crippen molar-refractivity contribution in [3.8, 4) is 11.4 Å². The molecule has 0 radical (unpaired) electrons. The van der Waals surface area contributed by atoms with E-state index in [-0.39, 0.29) is 5.91 Å². The molecule has 0 saturated carbocycles. The number of carbonyl (C=O) groups excluding carboxylic acids is 1. The van der Waals surface area contributed by atoms with Crippen molar-refractivity contribution in [3.63, 3.8) is 0 Å². The van der Waals surface area contributed by atoms with Crippen molar-refractivity contribution in [1.29, 1.82) is 0 Å². The van der Waals surface area contributed by atoms with E-state index >= 15 is 0 Å². The Labute approximate surface area is 179 Å². The van der Waals surface area contributed by atoms with Gasteiger partial charge in [-0.2, -0.15) is 4.80 Å². The Morgan fingerprint density at radius 3 is 2.40 bits per heavy atom. The molecule has 1 N–H and O–H groups in total. The van der Waals surface area contributed by atoms with E-state index in [1.165, 1.54) is 10.4 Å². The zero-order valence-corrected chi connectivity index (χ0v) is 17.7. The number of nitrogens with zero attached hydrogens (tertiary/aromatic N) is 3. The maximum Gasteiger partial charge on any atom is 0.255 e. The zero-order valence-electron chi connectivity index (χ0n) is 16.9. The summed E-state index contributed by atoms with van der Waals surface area (Å²) in [6.07, 6.45) is 0.937. The molecule has 6 nitrogen and oxygen atoms in total. The highest BCUT2D eigenvalue weighted by Gasteiger charge is 2.13. The minimum Gasteiger partial charge on any atom is -0.495 e. The first-order valence-electron chi connectivity index (χ1n) is 9.60. The van der Waals surface area contributed by atoms with Crippen LogP contribution in [0.15, 0.2) is 54.6 Å². The van der Waals surface area contributed by atoms with Gasteiger partial charge in [-0.1, -0.05) is 30.7 Å². The highest BCUT2D eigenvalue weighted by molar-refractivity contribution is 6.32. The number of benzene rings is 3. The van der Waals surface area contributed by atoms with Crippen molar-refractivity contribution in [1.82, 2.24) is 15.0 Å². The molecule has 4 rings (SSSR count). The van der Waals surface area contributed by atoms with Crippen LogP contribution in [0.4, 0.5) is 5.69 Å². The average Bonchev–Trinajstić information content (AvgIpc) is 3.16. The fourth-order valence-electron chi connectivity index (χ4n) is 3.18. The van der Waals surface area contributed by atoms with Gasteiger partial charge in [0.25, 0.3) is 5.91 Å². The first-order chi connectivity index (χ1) is 14.5. The van der Waals surface area contributed by atoms with Crippen LogP contribution in [0.25, 0.3) is 16.7 Å². The Bertz CT molecular complexity index is 1230. The van der Waals surface area contributed by atoms with Gasteiger partial charge in [0, 0.05) is 11.3 Å². The van der Waals surface area contributed by atoms with Gasteiger partial charge in [0.15, 0.2) is 0 Å². The van der Waals surface area contributed by atoms with E-state index in [0.29, 0.717) is 27.5 Å². The van der Waals surface area contributed by atoms with Gasteiger partial charge in [-0.3, -0.25) is 4.79 Å². The molecule has 7 heteroatoms. The molecule has 3 aromatic carbocycles. The summed E-state index contributed by atoms with van der Waals surface area (Å²) in [6.45, 7) is 4.01. The summed E-state index contributed by atoms with van der Waals surface area (Å²) in [6, 6.07) is 16.7. The lowest BCUT2D eigenvalue weighted by Crippen LogP contribution is -2.12. The van der Waals surface area contributed by atoms with Gasteiger partial charge in [0.05, 0.1) is 17.8 Å². The summed E-state index contributed by atoms with van der Waals surface area (Å²) in [7, 11) is 1.57. The Balaban J connectivity index is 1.63. The van der Waals surface area contributed by atoms with E-state index in [1.54, 1.807) is 19.2 Å². The quantitative estimate of drug-likeness (QED) is 0.481. The van der Waals surface area contributed by atoms with Crippen molar-refractivity contribution in [2.75, 3.05) is 12.4 Å². The number of ether oxygens (including phenoxy) is 1. The molecule has 30 heavy (non-hydrogen) atoms. The molecule has 0 unspecified atom stereocenters. The molecule has 152 valence electrons. The van der Waals surface area contributed by atoms with Crippen LogP contribution in [0.1, 0.15) is 28.4 Å². The number of hydrogen-bond acceptors (Lipinski definition) is 4. The van der Waals surface area contributed by atoms with Gasteiger partial charge < -0.3 is 10.1 Å². The standard InChI is InChI=1S/C23H21ClN4O2/c1-4-15-5-7-16(8-6-15)23(29)25-19-13-21-20(11-14(19)2)26-28(27-21)17-9-10-22(30-3)18(24)12-17/h5-13H,4H2,1-3H3,(H,25,29). The second kappa shape index (κ2) is 8.16. The molecule has 1 amide bonds. The summed E-state index contributed by atoms with van der Waals surface area (Å²) in [4.78, 5) is 14.2. The number of aromatic nitrogens is 3. The second-order valence-electron chi connectivity index (χ2n) is 6.97. The van der Waals surface area contributed by atoms with E-state index < -0.39 is 0 Å². The van der Waals surface area contributed by atoms with E-state index in [1.807, 2.05) is 49.4 Å². The number of halogens is 1. The van der Waals surface area contributed by atoms with Gasteiger partial charge in [0.2, 0.25) is 0 Å². The highest BCUT2D eigenvalue weighted by atomic mass is 35.5. The smallest absolute Gasteiger partial charge is 0.255 e. The summed E-state index contributed by atoms with van der Waals surface area (Å²) < 4.78 is 5.19. The fourth-order valence-corrected chi connectivity index (χ4v) is 3.44. The number of hydrogen-bond donors (Lipinski definition) is 1. The molecule has 0 aliphatic heterocycles. The number of aryl methyl sites for hydroxylation is 2. The van der Waals surface area contributed by atoms with Crippen LogP contribution in [0.2, 0.25) is 5.02 Å². The highest BCUT2D eigenvalue weighted by Crippen LogP contribution is 2.27. The summed E-state index contributed by atoms with van der Waals surface area (Å²) in [5.41, 5.74) is 5.53. The van der Waals surface area contributed by atoms with E-state index in [0.717, 1.165) is 23.2 Å². The maximum absolute atomic E-state index is 12.6. The lowest BCUT2D eigenvalue weighted by atomic mass is 10.1. The van der Waals surface area contributed by atoms with Crippen LogP contribution >= 0.6 is 11.6 Å². The van der Waals surface area contributed by atoms with Crippen LogP contribution in [0.5, 0.6) is 5.75 Å². The Hall–Kier alpha value is -3.38. The van der Waals surface area contributed by atoms with Crippen molar-refractivity contribution >= 4 is 34.2 Å². The molecular weight excluding hydrogens is 400 g/mol. The van der Waals surface area contributed by atoms with Crippen LogP contribution < -0.4 is 10.1 Å². The van der Waals surface area contributed by atoms with Gasteiger partial charge in [-0.05, 0) is 66.9 Å². The van der Waals surface area contributed by atoms with Crippen LogP contribution in [0, 0.1) is 6.92 Å². The van der Waals surface area contributed by atoms with Gasteiger partial charge in [0.1, 0.15) is 16.8 Å². The molecular formula is C23H21ClN4O2. The molecule has 0 saturated heterocycles. The molecule has 0 bridgehead atoms. The number of methoxy groups -OCH3 is 1. The molecule has 0 aliphatic carbocycles. The zero-order chi connectivity index (χ0) is 21.3. The van der Waals surface area contributed by atoms with E-state index in [2.05, 4.69) is 22.4 Å². The predicted molar refractivity (Wildman–Crippen MR) is 119 cm³/mol. The second-order valence-corrected chi connectivity index (χ2v) is 7.38. The van der Waals surface area contributed by atoms with Crippen molar-refractivity contribution < 1.29 is 9.53 Å². The minimum absolute atomic E-state index is 0.158. The van der Waals surface area contributed by atoms with Gasteiger partial charge in [-0.25, -0.2) is 0 Å². The molecule has 4 aromatic rings. The lowest BCUT2D eigenvalue weighted by Gasteiger charge is -2.08. The maximum atomic E-state index is 12.6. The third-order valence-corrected chi connectivity index (χ3v) is 5.26.